The molecule has 0 N–H and O–H groups in total. The predicted octanol–water partition coefficient (Wildman–Crippen LogP) is 2.53. The van der Waals surface area contributed by atoms with Gasteiger partial charge in [-0.15, -0.1) is 0 Å². The second-order valence-corrected chi connectivity index (χ2v) is 8.42. The number of hydroxylamine groups is 2. The van der Waals surface area contributed by atoms with Crippen LogP contribution in [0.15, 0.2) is 24.3 Å². The van der Waals surface area contributed by atoms with Crippen molar-refractivity contribution >= 4 is 23.9 Å². The Kier molecular flexibility index (Phi) is 4.17. The van der Waals surface area contributed by atoms with Crippen molar-refractivity contribution in [1.29, 1.82) is 0 Å². The Labute approximate surface area is 162 Å². The molecule has 8 heteroatoms. The molecule has 1 saturated heterocycles. The Morgan fingerprint density at radius 2 is 1.64 bits per heavy atom. The van der Waals surface area contributed by atoms with Crippen LogP contribution in [0.3, 0.4) is 0 Å². The minimum Gasteiger partial charge on any atom is -0.444 e. The third-order valence-electron chi connectivity index (χ3n) is 5.37. The molecule has 2 heterocycles. The fraction of sp³-hybridized carbons (Fsp3) is 0.500. The van der Waals surface area contributed by atoms with Gasteiger partial charge in [-0.2, -0.15) is 0 Å². The van der Waals surface area contributed by atoms with E-state index in [1.807, 2.05) is 0 Å². The van der Waals surface area contributed by atoms with Crippen molar-refractivity contribution in [3.63, 3.8) is 0 Å². The monoisotopic (exact) mass is 386 g/mol. The summed E-state index contributed by atoms with van der Waals surface area (Å²) in [6.45, 7) is 5.27. The third-order valence-corrected chi connectivity index (χ3v) is 5.37. The molecule has 2 aliphatic heterocycles. The lowest BCUT2D eigenvalue weighted by Gasteiger charge is -2.35. The van der Waals surface area contributed by atoms with Gasteiger partial charge in [0, 0.05) is 6.04 Å². The molecule has 4 rings (SSSR count). The third kappa shape index (κ3) is 2.93. The van der Waals surface area contributed by atoms with Gasteiger partial charge in [0.25, 0.3) is 11.8 Å². The number of piperidine rings is 1. The second-order valence-electron chi connectivity index (χ2n) is 8.42. The van der Waals surface area contributed by atoms with Crippen molar-refractivity contribution in [3.8, 4) is 0 Å². The SMILES string of the molecule is CC(C)(C)OC(=O)N1C2CCC(C2)C1C(=O)ON1C(=O)c2ccccc2C1=O. The number of likely N-dealkylation sites (tertiary alicyclic amines) is 1. The van der Waals surface area contributed by atoms with E-state index in [0.29, 0.717) is 11.5 Å². The number of fused-ring (bicyclic) bond motifs is 3. The number of imide groups is 1. The number of hydrogen-bond donors (Lipinski definition) is 0. The molecule has 0 spiro atoms. The van der Waals surface area contributed by atoms with E-state index < -0.39 is 35.5 Å². The van der Waals surface area contributed by atoms with Gasteiger partial charge in [0.05, 0.1) is 11.1 Å². The van der Waals surface area contributed by atoms with Crippen molar-refractivity contribution in [3.05, 3.63) is 35.4 Å². The van der Waals surface area contributed by atoms with E-state index in [9.17, 15) is 19.2 Å². The molecule has 8 nitrogen and oxygen atoms in total. The molecule has 1 aliphatic carbocycles. The van der Waals surface area contributed by atoms with Gasteiger partial charge >= 0.3 is 12.1 Å². The van der Waals surface area contributed by atoms with Gasteiger partial charge in [0.2, 0.25) is 0 Å². The van der Waals surface area contributed by atoms with E-state index in [-0.39, 0.29) is 23.1 Å². The van der Waals surface area contributed by atoms with Gasteiger partial charge in [-0.1, -0.05) is 17.2 Å². The zero-order valence-electron chi connectivity index (χ0n) is 16.0. The quantitative estimate of drug-likeness (QED) is 0.725. The van der Waals surface area contributed by atoms with E-state index in [1.165, 1.54) is 17.0 Å². The minimum atomic E-state index is -0.863. The first-order valence-electron chi connectivity index (χ1n) is 9.38. The Bertz CT molecular complexity index is 839. The Hall–Kier alpha value is -2.90. The molecule has 3 amide bonds. The molecule has 1 saturated carbocycles. The van der Waals surface area contributed by atoms with Crippen LogP contribution >= 0.6 is 0 Å². The first-order valence-corrected chi connectivity index (χ1v) is 9.38. The van der Waals surface area contributed by atoms with Crippen LogP contribution in [0.5, 0.6) is 0 Å². The second kappa shape index (κ2) is 6.32. The molecule has 1 aromatic rings. The maximum atomic E-state index is 12.9. The number of nitrogens with zero attached hydrogens (tertiary/aromatic N) is 2. The van der Waals surface area contributed by atoms with E-state index in [0.717, 1.165) is 12.8 Å². The summed E-state index contributed by atoms with van der Waals surface area (Å²) in [5, 5.41) is 0.492. The van der Waals surface area contributed by atoms with E-state index in [4.69, 9.17) is 9.57 Å². The molecule has 3 unspecified atom stereocenters. The number of benzene rings is 1. The Balaban J connectivity index is 1.53. The maximum absolute atomic E-state index is 12.9. The molecule has 3 atom stereocenters. The number of carbonyl (C=O) groups excluding carboxylic acids is 4. The Morgan fingerprint density at radius 3 is 2.21 bits per heavy atom. The zero-order chi connectivity index (χ0) is 20.2. The fourth-order valence-electron chi connectivity index (χ4n) is 4.26. The number of hydrogen-bond acceptors (Lipinski definition) is 6. The number of ether oxygens (including phenoxy) is 1. The normalized spacial score (nSPS) is 25.9. The van der Waals surface area contributed by atoms with Crippen LogP contribution in [0.2, 0.25) is 0 Å². The lowest BCUT2D eigenvalue weighted by Crippen LogP contribution is -2.52. The van der Waals surface area contributed by atoms with Gasteiger partial charge in [-0.25, -0.2) is 9.59 Å². The molecule has 2 fully saturated rings. The summed E-state index contributed by atoms with van der Waals surface area (Å²) in [7, 11) is 0. The smallest absolute Gasteiger partial charge is 0.411 e. The molecular formula is C20H22N2O6. The summed E-state index contributed by atoms with van der Waals surface area (Å²) in [5.41, 5.74) is -0.315. The topological polar surface area (TPSA) is 93.2 Å². The van der Waals surface area contributed by atoms with E-state index in [2.05, 4.69) is 0 Å². The number of amides is 3. The van der Waals surface area contributed by atoms with Crippen LogP contribution in [0.25, 0.3) is 0 Å². The Morgan fingerprint density at radius 1 is 1.04 bits per heavy atom. The van der Waals surface area contributed by atoms with Crippen molar-refractivity contribution < 1.29 is 28.8 Å². The van der Waals surface area contributed by atoms with Crippen molar-refractivity contribution in [2.45, 2.75) is 57.7 Å². The van der Waals surface area contributed by atoms with Crippen LogP contribution in [0.1, 0.15) is 60.7 Å². The van der Waals surface area contributed by atoms with Crippen LogP contribution < -0.4 is 0 Å². The fourth-order valence-corrected chi connectivity index (χ4v) is 4.26. The van der Waals surface area contributed by atoms with Gasteiger partial charge in [-0.3, -0.25) is 14.5 Å². The van der Waals surface area contributed by atoms with E-state index in [1.54, 1.807) is 32.9 Å². The average molecular weight is 386 g/mol. The largest absolute Gasteiger partial charge is 0.444 e. The first-order chi connectivity index (χ1) is 13.2. The molecule has 3 aliphatic rings. The average Bonchev–Trinajstić information content (AvgIpc) is 3.30. The summed E-state index contributed by atoms with van der Waals surface area (Å²) in [6.07, 6.45) is 1.68. The molecule has 1 aromatic carbocycles. The van der Waals surface area contributed by atoms with Gasteiger partial charge in [0.1, 0.15) is 11.6 Å². The molecule has 2 bridgehead atoms. The summed E-state index contributed by atoms with van der Waals surface area (Å²) >= 11 is 0. The van der Waals surface area contributed by atoms with Gasteiger partial charge in [-0.05, 0) is 58.1 Å². The van der Waals surface area contributed by atoms with Crippen molar-refractivity contribution in [1.82, 2.24) is 9.96 Å². The first kappa shape index (κ1) is 18.5. The number of rotatable bonds is 2. The standard InChI is InChI=1S/C20H22N2O6/c1-20(2,3)27-19(26)21-12-9-8-11(10-12)15(21)18(25)28-22-16(23)13-6-4-5-7-14(13)17(22)24/h4-7,11-12,15H,8-10H2,1-3H3. The van der Waals surface area contributed by atoms with Crippen LogP contribution in [-0.4, -0.2) is 51.5 Å². The summed E-state index contributed by atoms with van der Waals surface area (Å²) in [6, 6.07) is 5.32. The summed E-state index contributed by atoms with van der Waals surface area (Å²) in [4.78, 5) is 57.1. The zero-order valence-corrected chi connectivity index (χ0v) is 16.0. The highest BCUT2D eigenvalue weighted by molar-refractivity contribution is 6.20. The molecule has 148 valence electrons. The maximum Gasteiger partial charge on any atom is 0.411 e. The van der Waals surface area contributed by atoms with Crippen LogP contribution in [-0.2, 0) is 14.4 Å². The highest BCUT2D eigenvalue weighted by Crippen LogP contribution is 2.43. The summed E-state index contributed by atoms with van der Waals surface area (Å²) < 4.78 is 5.45. The van der Waals surface area contributed by atoms with Crippen molar-refractivity contribution in [2.75, 3.05) is 0 Å². The highest BCUT2D eigenvalue weighted by atomic mass is 16.7. The predicted molar refractivity (Wildman–Crippen MR) is 96.0 cm³/mol. The van der Waals surface area contributed by atoms with Crippen LogP contribution in [0.4, 0.5) is 4.79 Å². The number of carbonyl (C=O) groups is 4. The molecule has 28 heavy (non-hydrogen) atoms. The van der Waals surface area contributed by atoms with Gasteiger partial charge in [0.15, 0.2) is 0 Å². The molecule has 0 aromatic heterocycles. The minimum absolute atomic E-state index is 0.0693. The lowest BCUT2D eigenvalue weighted by molar-refractivity contribution is -0.176. The molecule has 0 radical (unpaired) electrons. The van der Waals surface area contributed by atoms with E-state index >= 15 is 0 Å². The van der Waals surface area contributed by atoms with Crippen LogP contribution in [0, 0.1) is 5.92 Å². The van der Waals surface area contributed by atoms with Gasteiger partial charge < -0.3 is 9.57 Å². The molecular weight excluding hydrogens is 364 g/mol. The summed E-state index contributed by atoms with van der Waals surface area (Å²) in [5.74, 6) is -2.21. The highest BCUT2D eigenvalue weighted by Gasteiger charge is 2.54. The van der Waals surface area contributed by atoms with Crippen molar-refractivity contribution in [2.24, 2.45) is 5.92 Å². The lowest BCUT2D eigenvalue weighted by atomic mass is 9.99.